The summed E-state index contributed by atoms with van der Waals surface area (Å²) in [6.45, 7) is 3.74. The summed E-state index contributed by atoms with van der Waals surface area (Å²) in [5.41, 5.74) is 3.13. The van der Waals surface area contributed by atoms with E-state index >= 15 is 0 Å². The van der Waals surface area contributed by atoms with Crippen molar-refractivity contribution in [1.82, 2.24) is 15.0 Å². The van der Waals surface area contributed by atoms with Crippen molar-refractivity contribution in [3.05, 3.63) is 80.1 Å². The van der Waals surface area contributed by atoms with Gasteiger partial charge in [-0.25, -0.2) is 4.79 Å². The van der Waals surface area contributed by atoms with Crippen molar-refractivity contribution in [2.24, 2.45) is 0 Å². The Labute approximate surface area is 227 Å². The summed E-state index contributed by atoms with van der Waals surface area (Å²) in [7, 11) is 1.76. The van der Waals surface area contributed by atoms with Crippen LogP contribution in [0.4, 0.5) is 0 Å². The molecule has 2 N–H and O–H groups in total. The fraction of sp³-hybridized carbons (Fsp3) is 0.222. The molecule has 5 rings (SSSR count). The van der Waals surface area contributed by atoms with Crippen LogP contribution < -0.4 is 5.32 Å². The summed E-state index contributed by atoms with van der Waals surface area (Å²) in [5.74, 6) is -1.07. The Bertz CT molecular complexity index is 1610. The molecule has 2 aromatic heterocycles. The number of halogens is 3. The Morgan fingerprint density at radius 1 is 1.16 bits per heavy atom. The quantitative estimate of drug-likeness (QED) is 0.261. The highest BCUT2D eigenvalue weighted by atomic mass is 35.5. The van der Waals surface area contributed by atoms with Gasteiger partial charge in [0.2, 0.25) is 0 Å². The molecule has 0 spiro atoms. The summed E-state index contributed by atoms with van der Waals surface area (Å²) in [6, 6.07) is 8.59. The van der Waals surface area contributed by atoms with Crippen LogP contribution in [0.25, 0.3) is 27.7 Å². The zero-order chi connectivity index (χ0) is 26.6. The second-order valence-corrected chi connectivity index (χ2v) is 10.6. The number of carboxylic acids is 1. The van der Waals surface area contributed by atoms with Gasteiger partial charge in [-0.3, -0.25) is 9.36 Å². The third-order valence-corrected chi connectivity index (χ3v) is 7.59. The van der Waals surface area contributed by atoms with Crippen molar-refractivity contribution in [2.45, 2.75) is 32.2 Å². The minimum atomic E-state index is -1.00. The summed E-state index contributed by atoms with van der Waals surface area (Å²) < 4.78 is 7.32. The van der Waals surface area contributed by atoms with Crippen molar-refractivity contribution >= 4 is 63.2 Å². The molecule has 4 aromatic rings. The number of nitrogens with zero attached hydrogens (tertiary/aromatic N) is 2. The number of carbonyl (C=O) groups excluding carboxylic acids is 1. The molecule has 0 saturated heterocycles. The first-order valence-electron chi connectivity index (χ1n) is 11.5. The summed E-state index contributed by atoms with van der Waals surface area (Å²) in [4.78, 5) is 25.7. The van der Waals surface area contributed by atoms with Crippen LogP contribution in [0.2, 0.25) is 15.1 Å². The maximum atomic E-state index is 14.3. The fourth-order valence-electron chi connectivity index (χ4n) is 4.78. The van der Waals surface area contributed by atoms with Crippen LogP contribution >= 0.6 is 34.8 Å². The van der Waals surface area contributed by atoms with E-state index in [0.717, 1.165) is 22.1 Å². The van der Waals surface area contributed by atoms with Crippen molar-refractivity contribution in [3.63, 3.8) is 0 Å². The first-order chi connectivity index (χ1) is 17.5. The van der Waals surface area contributed by atoms with E-state index in [2.05, 4.69) is 10.5 Å². The summed E-state index contributed by atoms with van der Waals surface area (Å²) in [6.07, 6.45) is 4.19. The molecule has 0 amide bonds. The van der Waals surface area contributed by atoms with E-state index in [4.69, 9.17) is 39.3 Å². The number of benzene rings is 2. The molecule has 0 saturated carbocycles. The lowest BCUT2D eigenvalue weighted by molar-refractivity contribution is -0.131. The van der Waals surface area contributed by atoms with Gasteiger partial charge in [-0.15, -0.1) is 0 Å². The first kappa shape index (κ1) is 25.5. The van der Waals surface area contributed by atoms with Gasteiger partial charge in [0.1, 0.15) is 11.3 Å². The highest BCUT2D eigenvalue weighted by Gasteiger charge is 2.36. The Hall–Kier alpha value is -3.10. The molecule has 1 aliphatic rings. The number of allylic oxidation sites excluding steroid dienone is 1. The van der Waals surface area contributed by atoms with Crippen molar-refractivity contribution < 1.29 is 19.2 Å². The minimum absolute atomic E-state index is 0.205. The second-order valence-electron chi connectivity index (χ2n) is 9.39. The van der Waals surface area contributed by atoms with Crippen molar-refractivity contribution in [2.75, 3.05) is 7.05 Å². The topological polar surface area (TPSA) is 97.4 Å². The van der Waals surface area contributed by atoms with Crippen molar-refractivity contribution in [3.8, 4) is 11.3 Å². The summed E-state index contributed by atoms with van der Waals surface area (Å²) >= 11 is 19.2. The standard InChI is InChI=1S/C27H22Cl3N3O4/c1-27(2,31-3)25-23(24(32-37-25)22-17(29)10-15(28)11-18(22)30)26(36)33-12-14-8-7-13(9-20(34)35)16-5-4-6-19(33)21(14)16/h4-6,9-12,31H,7-8H2,1-3H3,(H,34,35)/b13-9+. The maximum Gasteiger partial charge on any atom is 0.328 e. The molecule has 1 aliphatic carbocycles. The Balaban J connectivity index is 1.77. The number of hydrogen-bond acceptors (Lipinski definition) is 5. The van der Waals surface area contributed by atoms with Crippen LogP contribution in [0.15, 0.2) is 47.1 Å². The van der Waals surface area contributed by atoms with Gasteiger partial charge in [-0.2, -0.15) is 0 Å². The van der Waals surface area contributed by atoms with E-state index in [9.17, 15) is 14.7 Å². The first-order valence-corrected chi connectivity index (χ1v) is 12.6. The SMILES string of the molecule is CNC(C)(C)c1onc(-c2c(Cl)cc(Cl)cc2Cl)c1C(=O)n1cc2c3c(cccc31)/C(=C/C(=O)O)CC2. The van der Waals surface area contributed by atoms with E-state index in [-0.39, 0.29) is 27.2 Å². The molecule has 0 bridgehead atoms. The van der Waals surface area contributed by atoms with Crippen LogP contribution in [-0.4, -0.2) is 33.8 Å². The van der Waals surface area contributed by atoms with Gasteiger partial charge in [0.15, 0.2) is 5.76 Å². The minimum Gasteiger partial charge on any atom is -0.478 e. The van der Waals surface area contributed by atoms with Crippen LogP contribution in [0.1, 0.15) is 47.5 Å². The highest BCUT2D eigenvalue weighted by Crippen LogP contribution is 2.42. The molecule has 190 valence electrons. The van der Waals surface area contributed by atoms with E-state index in [1.165, 1.54) is 18.2 Å². The molecule has 0 unspecified atom stereocenters. The number of carbonyl (C=O) groups is 2. The van der Waals surface area contributed by atoms with Crippen LogP contribution in [0.5, 0.6) is 0 Å². The average Bonchev–Trinajstić information content (AvgIpc) is 3.43. The maximum absolute atomic E-state index is 14.3. The van der Waals surface area contributed by atoms with Crippen LogP contribution in [0, 0.1) is 0 Å². The van der Waals surface area contributed by atoms with Gasteiger partial charge in [-0.1, -0.05) is 52.1 Å². The highest BCUT2D eigenvalue weighted by molar-refractivity contribution is 6.42. The predicted octanol–water partition coefficient (Wildman–Crippen LogP) is 6.81. The molecule has 0 atom stereocenters. The average molecular weight is 559 g/mol. The number of hydrogen-bond donors (Lipinski definition) is 2. The van der Waals surface area contributed by atoms with Gasteiger partial charge >= 0.3 is 5.97 Å². The third-order valence-electron chi connectivity index (χ3n) is 6.78. The fourth-order valence-corrected chi connectivity index (χ4v) is 5.78. The summed E-state index contributed by atoms with van der Waals surface area (Å²) in [5, 5.41) is 18.4. The molecule has 0 aliphatic heterocycles. The Kier molecular flexibility index (Phi) is 6.44. The van der Waals surface area contributed by atoms with Crippen molar-refractivity contribution in [1.29, 1.82) is 0 Å². The van der Waals surface area contributed by atoms with Gasteiger partial charge in [0.05, 0.1) is 21.1 Å². The van der Waals surface area contributed by atoms with Gasteiger partial charge in [0, 0.05) is 28.2 Å². The number of rotatable bonds is 5. The number of aryl methyl sites for hydroxylation is 1. The molecule has 0 radical (unpaired) electrons. The smallest absolute Gasteiger partial charge is 0.328 e. The molecular formula is C27H22Cl3N3O4. The lowest BCUT2D eigenvalue weighted by atomic mass is 9.88. The molecule has 10 heteroatoms. The van der Waals surface area contributed by atoms with Gasteiger partial charge in [-0.05, 0) is 68.6 Å². The van der Waals surface area contributed by atoms with Gasteiger partial charge in [0.25, 0.3) is 5.91 Å². The number of carboxylic acid groups (broad SMARTS) is 1. The zero-order valence-electron chi connectivity index (χ0n) is 20.2. The van der Waals surface area contributed by atoms with Crippen LogP contribution in [0.3, 0.4) is 0 Å². The normalized spacial score (nSPS) is 14.5. The molecule has 37 heavy (non-hydrogen) atoms. The number of nitrogens with one attached hydrogen (secondary N) is 1. The molecular weight excluding hydrogens is 537 g/mol. The van der Waals surface area contributed by atoms with E-state index in [0.29, 0.717) is 34.7 Å². The number of aliphatic carboxylic acids is 1. The lowest BCUT2D eigenvalue weighted by Crippen LogP contribution is -2.34. The largest absolute Gasteiger partial charge is 0.478 e. The van der Waals surface area contributed by atoms with Crippen LogP contribution in [-0.2, 0) is 16.8 Å². The molecule has 2 aromatic carbocycles. The van der Waals surface area contributed by atoms with E-state index in [1.54, 1.807) is 17.8 Å². The lowest BCUT2D eigenvalue weighted by Gasteiger charge is -2.22. The predicted molar refractivity (Wildman–Crippen MR) is 145 cm³/mol. The van der Waals surface area contributed by atoms with E-state index in [1.807, 2.05) is 32.0 Å². The molecule has 0 fully saturated rings. The third kappa shape index (κ3) is 4.26. The zero-order valence-corrected chi connectivity index (χ0v) is 22.4. The Morgan fingerprint density at radius 3 is 2.51 bits per heavy atom. The van der Waals surface area contributed by atoms with Gasteiger partial charge < -0.3 is 14.9 Å². The second kappa shape index (κ2) is 9.33. The number of aromatic nitrogens is 2. The Morgan fingerprint density at radius 2 is 1.86 bits per heavy atom. The molecule has 2 heterocycles. The van der Waals surface area contributed by atoms with E-state index < -0.39 is 11.5 Å². The molecule has 7 nitrogen and oxygen atoms in total. The monoisotopic (exact) mass is 557 g/mol.